The Morgan fingerprint density at radius 3 is 2.42 bits per heavy atom. The normalized spacial score (nSPS) is 20.5. The molecule has 0 aliphatic carbocycles. The minimum absolute atomic E-state index is 0.0599. The lowest BCUT2D eigenvalue weighted by molar-refractivity contribution is -0.122. The molecule has 0 atom stereocenters. The maximum Gasteiger partial charge on any atom is 0.243 e. The first-order chi connectivity index (χ1) is 12.5. The fourth-order valence-corrected chi connectivity index (χ4v) is 5.35. The van der Waals surface area contributed by atoms with E-state index in [4.69, 9.17) is 4.74 Å². The second-order valence-corrected chi connectivity index (χ2v) is 9.08. The molecule has 0 saturated carbocycles. The van der Waals surface area contributed by atoms with Gasteiger partial charge in [-0.25, -0.2) is 8.42 Å². The summed E-state index contributed by atoms with van der Waals surface area (Å²) in [5.74, 6) is -0.133. The Labute approximate surface area is 156 Å². The summed E-state index contributed by atoms with van der Waals surface area (Å²) in [6.07, 6.45) is 5.36. The highest BCUT2D eigenvalue weighted by molar-refractivity contribution is 7.89. The van der Waals surface area contributed by atoms with Gasteiger partial charge in [0, 0.05) is 37.9 Å². The molecule has 0 aromatic heterocycles. The molecule has 2 aliphatic rings. The minimum atomic E-state index is -3.54. The van der Waals surface area contributed by atoms with E-state index in [1.165, 1.54) is 0 Å². The molecule has 2 saturated heterocycles. The van der Waals surface area contributed by atoms with Gasteiger partial charge in [0.1, 0.15) is 0 Å². The summed E-state index contributed by atoms with van der Waals surface area (Å²) in [5.41, 5.74) is 1.25. The number of benzene rings is 1. The predicted octanol–water partition coefficient (Wildman–Crippen LogP) is 2.92. The number of ether oxygens (including phenoxy) is 1. The lowest BCUT2D eigenvalue weighted by atomic mass is 9.99. The molecule has 0 unspecified atom stereocenters. The average Bonchev–Trinajstić information content (AvgIpc) is 2.94. The highest BCUT2D eigenvalue weighted by Gasteiger charge is 2.27. The lowest BCUT2D eigenvalue weighted by Crippen LogP contribution is -2.32. The van der Waals surface area contributed by atoms with Gasteiger partial charge in [0.25, 0.3) is 0 Å². The summed E-state index contributed by atoms with van der Waals surface area (Å²) in [4.78, 5) is 12.7. The van der Waals surface area contributed by atoms with Crippen LogP contribution in [0.4, 0.5) is 5.69 Å². The molecule has 2 fully saturated rings. The van der Waals surface area contributed by atoms with Gasteiger partial charge in [-0.05, 0) is 50.3 Å². The van der Waals surface area contributed by atoms with Crippen molar-refractivity contribution in [2.75, 3.05) is 31.6 Å². The molecule has 2 aliphatic heterocycles. The first-order valence-corrected chi connectivity index (χ1v) is 10.9. The van der Waals surface area contributed by atoms with Crippen LogP contribution in [0.2, 0.25) is 0 Å². The Hall–Kier alpha value is -1.44. The van der Waals surface area contributed by atoms with E-state index in [1.807, 2.05) is 0 Å². The number of nitrogens with one attached hydrogen (secondary N) is 1. The van der Waals surface area contributed by atoms with E-state index in [0.29, 0.717) is 55.3 Å². The van der Waals surface area contributed by atoms with E-state index < -0.39 is 10.0 Å². The quantitative estimate of drug-likeness (QED) is 0.871. The van der Waals surface area contributed by atoms with Crippen LogP contribution in [-0.2, 0) is 19.6 Å². The second kappa shape index (κ2) is 8.50. The molecule has 1 aromatic rings. The molecule has 0 radical (unpaired) electrons. The largest absolute Gasteiger partial charge is 0.381 e. The van der Waals surface area contributed by atoms with Crippen molar-refractivity contribution in [1.29, 1.82) is 0 Å². The van der Waals surface area contributed by atoms with E-state index >= 15 is 0 Å². The van der Waals surface area contributed by atoms with Crippen LogP contribution in [-0.4, -0.2) is 44.9 Å². The maximum atomic E-state index is 13.1. The number of amides is 1. The number of carbonyl (C=O) groups excluding carboxylic acids is 1. The number of nitrogens with zero attached hydrogens (tertiary/aromatic N) is 1. The molecular formula is C19H28N2O4S. The fourth-order valence-electron chi connectivity index (χ4n) is 3.58. The number of carbonyl (C=O) groups is 1. The van der Waals surface area contributed by atoms with Crippen LogP contribution in [0.15, 0.2) is 23.1 Å². The van der Waals surface area contributed by atoms with Crippen LogP contribution in [0.25, 0.3) is 0 Å². The molecule has 1 amide bonds. The predicted molar refractivity (Wildman–Crippen MR) is 101 cm³/mol. The Morgan fingerprint density at radius 2 is 1.77 bits per heavy atom. The van der Waals surface area contributed by atoms with Crippen LogP contribution in [0.1, 0.15) is 44.1 Å². The number of hydrogen-bond donors (Lipinski definition) is 1. The first-order valence-electron chi connectivity index (χ1n) is 9.48. The van der Waals surface area contributed by atoms with Crippen molar-refractivity contribution < 1.29 is 17.9 Å². The van der Waals surface area contributed by atoms with Gasteiger partial charge in [0.2, 0.25) is 15.9 Å². The summed E-state index contributed by atoms with van der Waals surface area (Å²) in [6.45, 7) is 4.14. The van der Waals surface area contributed by atoms with Crippen LogP contribution >= 0.6 is 0 Å². The molecule has 144 valence electrons. The molecule has 3 rings (SSSR count). The Kier molecular flexibility index (Phi) is 6.32. The zero-order valence-corrected chi connectivity index (χ0v) is 16.2. The van der Waals surface area contributed by atoms with Crippen molar-refractivity contribution >= 4 is 21.6 Å². The molecule has 6 nitrogen and oxygen atoms in total. The summed E-state index contributed by atoms with van der Waals surface area (Å²) >= 11 is 0. The number of anilines is 1. The van der Waals surface area contributed by atoms with E-state index in [-0.39, 0.29) is 11.8 Å². The SMILES string of the molecule is Cc1ccc(NC(=O)C2CCOCC2)cc1S(=O)(=O)N1CCCCCC1. The standard InChI is InChI=1S/C19H28N2O4S/c1-15-6-7-17(20-19(22)16-8-12-25-13-9-16)14-18(15)26(23,24)21-10-4-2-3-5-11-21/h6-7,14,16H,2-5,8-13H2,1H3,(H,20,22). The summed E-state index contributed by atoms with van der Waals surface area (Å²) in [6, 6.07) is 5.14. The van der Waals surface area contributed by atoms with E-state index in [0.717, 1.165) is 25.7 Å². The van der Waals surface area contributed by atoms with Crippen LogP contribution in [0.5, 0.6) is 0 Å². The molecule has 0 bridgehead atoms. The van der Waals surface area contributed by atoms with Crippen LogP contribution in [0, 0.1) is 12.8 Å². The minimum Gasteiger partial charge on any atom is -0.381 e. The third kappa shape index (κ3) is 4.45. The third-order valence-corrected chi connectivity index (χ3v) is 7.27. The molecular weight excluding hydrogens is 352 g/mol. The van der Waals surface area contributed by atoms with Gasteiger partial charge in [-0.2, -0.15) is 4.31 Å². The van der Waals surface area contributed by atoms with Gasteiger partial charge in [-0.15, -0.1) is 0 Å². The molecule has 2 heterocycles. The number of hydrogen-bond acceptors (Lipinski definition) is 4. The Bertz CT molecular complexity index is 734. The highest BCUT2D eigenvalue weighted by Crippen LogP contribution is 2.26. The molecule has 0 spiro atoms. The van der Waals surface area contributed by atoms with Gasteiger partial charge >= 0.3 is 0 Å². The number of sulfonamides is 1. The molecule has 1 N–H and O–H groups in total. The average molecular weight is 381 g/mol. The third-order valence-electron chi connectivity index (χ3n) is 5.23. The van der Waals surface area contributed by atoms with Gasteiger partial charge < -0.3 is 10.1 Å². The van der Waals surface area contributed by atoms with Crippen molar-refractivity contribution in [2.24, 2.45) is 5.92 Å². The number of rotatable bonds is 4. The van der Waals surface area contributed by atoms with Crippen molar-refractivity contribution in [3.8, 4) is 0 Å². The van der Waals surface area contributed by atoms with Crippen LogP contribution < -0.4 is 5.32 Å². The maximum absolute atomic E-state index is 13.1. The highest BCUT2D eigenvalue weighted by atomic mass is 32.2. The van der Waals surface area contributed by atoms with Crippen LogP contribution in [0.3, 0.4) is 0 Å². The molecule has 26 heavy (non-hydrogen) atoms. The first kappa shape index (κ1) is 19.3. The van der Waals surface area contributed by atoms with Crippen molar-refractivity contribution in [3.05, 3.63) is 23.8 Å². The summed E-state index contributed by atoms with van der Waals surface area (Å²) < 4.78 is 33.1. The van der Waals surface area contributed by atoms with Crippen molar-refractivity contribution in [3.63, 3.8) is 0 Å². The summed E-state index contributed by atoms with van der Waals surface area (Å²) in [5, 5.41) is 2.89. The lowest BCUT2D eigenvalue weighted by Gasteiger charge is -2.23. The topological polar surface area (TPSA) is 75.7 Å². The monoisotopic (exact) mass is 380 g/mol. The molecule has 1 aromatic carbocycles. The Morgan fingerprint density at radius 1 is 1.12 bits per heavy atom. The van der Waals surface area contributed by atoms with E-state index in [1.54, 1.807) is 29.4 Å². The van der Waals surface area contributed by atoms with Gasteiger partial charge in [0.05, 0.1) is 4.90 Å². The second-order valence-electron chi connectivity index (χ2n) is 7.17. The van der Waals surface area contributed by atoms with E-state index in [2.05, 4.69) is 5.32 Å². The zero-order valence-electron chi connectivity index (χ0n) is 15.4. The molecule has 7 heteroatoms. The zero-order chi connectivity index (χ0) is 18.6. The summed E-state index contributed by atoms with van der Waals surface area (Å²) in [7, 11) is -3.54. The smallest absolute Gasteiger partial charge is 0.243 e. The van der Waals surface area contributed by atoms with Gasteiger partial charge in [-0.3, -0.25) is 4.79 Å². The van der Waals surface area contributed by atoms with Crippen molar-refractivity contribution in [2.45, 2.75) is 50.3 Å². The van der Waals surface area contributed by atoms with E-state index in [9.17, 15) is 13.2 Å². The van der Waals surface area contributed by atoms with Crippen molar-refractivity contribution in [1.82, 2.24) is 4.31 Å². The van der Waals surface area contributed by atoms with Gasteiger partial charge in [0.15, 0.2) is 0 Å². The number of aryl methyl sites for hydroxylation is 1. The Balaban J connectivity index is 1.79. The van der Waals surface area contributed by atoms with Gasteiger partial charge in [-0.1, -0.05) is 18.9 Å². The fraction of sp³-hybridized carbons (Fsp3) is 0.632.